The summed E-state index contributed by atoms with van der Waals surface area (Å²) in [4.78, 5) is 25.8. The first-order valence-electron chi connectivity index (χ1n) is 14.4. The number of nitrogen functional groups attached to an aromatic ring is 1. The zero-order chi connectivity index (χ0) is 29.5. The molecule has 1 saturated carbocycles. The minimum Gasteiger partial charge on any atom is -0.461 e. The van der Waals surface area contributed by atoms with Crippen molar-refractivity contribution in [3.63, 3.8) is 0 Å². The van der Waals surface area contributed by atoms with E-state index in [9.17, 15) is 18.4 Å². The molecular weight excluding hydrogens is 536 g/mol. The molecule has 0 radical (unpaired) electrons. The van der Waals surface area contributed by atoms with Crippen LogP contribution in [0.25, 0.3) is 5.69 Å². The molecule has 1 aromatic heterocycles. The summed E-state index contributed by atoms with van der Waals surface area (Å²) in [6.45, 7) is 0.567. The average molecular weight is 572 g/mol. The number of carbonyl (C=O) groups excluding carboxylic acids is 1. The lowest BCUT2D eigenvalue weighted by Gasteiger charge is -2.20. The number of hydrogen-bond donors (Lipinski definition) is 2. The van der Waals surface area contributed by atoms with Crippen molar-refractivity contribution >= 4 is 11.8 Å². The Kier molecular flexibility index (Phi) is 9.44. The topological polar surface area (TPSA) is 86.4 Å². The minimum absolute atomic E-state index is 0.00850. The van der Waals surface area contributed by atoms with Crippen molar-refractivity contribution in [2.45, 2.75) is 57.1 Å². The van der Waals surface area contributed by atoms with Gasteiger partial charge in [0, 0.05) is 18.6 Å². The molecule has 1 fully saturated rings. The van der Waals surface area contributed by atoms with Crippen LogP contribution in [0.2, 0.25) is 0 Å². The number of pyridine rings is 1. The summed E-state index contributed by atoms with van der Waals surface area (Å²) in [6.07, 6.45) is 5.39. The number of nitrogens with two attached hydrogens (primary N) is 1. The van der Waals surface area contributed by atoms with Crippen molar-refractivity contribution in [2.24, 2.45) is 0 Å². The summed E-state index contributed by atoms with van der Waals surface area (Å²) in [5.74, 6) is -1.33. The second kappa shape index (κ2) is 13.6. The average Bonchev–Trinajstić information content (AvgIpc) is 3.50. The van der Waals surface area contributed by atoms with Gasteiger partial charge in [-0.3, -0.25) is 14.2 Å². The van der Waals surface area contributed by atoms with Gasteiger partial charge in [-0.25, -0.2) is 8.78 Å². The molecule has 0 aliphatic heterocycles. The van der Waals surface area contributed by atoms with E-state index in [1.165, 1.54) is 22.8 Å². The van der Waals surface area contributed by atoms with E-state index in [0.717, 1.165) is 42.9 Å². The Bertz CT molecular complexity index is 1570. The highest BCUT2D eigenvalue weighted by atomic mass is 19.1. The third-order valence-corrected chi connectivity index (χ3v) is 7.76. The molecule has 3 N–H and O–H groups in total. The van der Waals surface area contributed by atoms with E-state index in [-0.39, 0.29) is 35.4 Å². The van der Waals surface area contributed by atoms with Gasteiger partial charge in [-0.05, 0) is 91.6 Å². The lowest BCUT2D eigenvalue weighted by atomic mass is 10.0. The number of carbonyl (C=O) groups is 1. The predicted molar refractivity (Wildman–Crippen MR) is 160 cm³/mol. The molecule has 1 aliphatic rings. The molecule has 42 heavy (non-hydrogen) atoms. The number of esters is 1. The fourth-order valence-corrected chi connectivity index (χ4v) is 5.42. The minimum atomic E-state index is -0.664. The number of anilines is 1. The number of aromatic nitrogens is 1. The number of rotatable bonds is 11. The zero-order valence-corrected chi connectivity index (χ0v) is 23.4. The summed E-state index contributed by atoms with van der Waals surface area (Å²) in [6, 6.07) is 23.3. The van der Waals surface area contributed by atoms with Gasteiger partial charge in [0.25, 0.3) is 5.56 Å². The lowest BCUT2D eigenvalue weighted by Crippen LogP contribution is -2.42. The van der Waals surface area contributed by atoms with Crippen molar-refractivity contribution in [3.8, 4) is 5.69 Å². The van der Waals surface area contributed by atoms with E-state index in [2.05, 4.69) is 5.32 Å². The highest BCUT2D eigenvalue weighted by Gasteiger charge is 2.25. The van der Waals surface area contributed by atoms with Gasteiger partial charge >= 0.3 is 5.97 Å². The first-order valence-corrected chi connectivity index (χ1v) is 14.4. The van der Waals surface area contributed by atoms with Crippen LogP contribution in [-0.2, 0) is 28.8 Å². The SMILES string of the molecule is Nc1c(Cc2ccc(F)cc2F)ccc(=O)n1-c1ccc(CCN[C@@H](Cc2ccccc2)C(=O)OC2CCCC2)cc1. The van der Waals surface area contributed by atoms with E-state index >= 15 is 0 Å². The van der Waals surface area contributed by atoms with Crippen molar-refractivity contribution in [2.75, 3.05) is 12.3 Å². The van der Waals surface area contributed by atoms with Gasteiger partial charge in [0.2, 0.25) is 0 Å². The van der Waals surface area contributed by atoms with Crippen molar-refractivity contribution in [1.29, 1.82) is 0 Å². The van der Waals surface area contributed by atoms with Crippen molar-refractivity contribution in [3.05, 3.63) is 129 Å². The third-order valence-electron chi connectivity index (χ3n) is 7.76. The summed E-state index contributed by atoms with van der Waals surface area (Å²) in [7, 11) is 0. The van der Waals surface area contributed by atoms with Gasteiger partial charge in [-0.2, -0.15) is 0 Å². The Morgan fingerprint density at radius 1 is 0.929 bits per heavy atom. The van der Waals surface area contributed by atoms with Crippen LogP contribution in [0.4, 0.5) is 14.6 Å². The van der Waals surface area contributed by atoms with Crippen LogP contribution in [-0.4, -0.2) is 29.2 Å². The van der Waals surface area contributed by atoms with E-state index in [4.69, 9.17) is 10.5 Å². The van der Waals surface area contributed by atoms with E-state index in [1.807, 2.05) is 54.6 Å². The number of nitrogens with one attached hydrogen (secondary N) is 1. The van der Waals surface area contributed by atoms with E-state index in [1.54, 1.807) is 6.07 Å². The maximum absolute atomic E-state index is 14.2. The van der Waals surface area contributed by atoms with Crippen molar-refractivity contribution in [1.82, 2.24) is 9.88 Å². The van der Waals surface area contributed by atoms with Gasteiger partial charge < -0.3 is 15.8 Å². The molecule has 0 amide bonds. The van der Waals surface area contributed by atoms with Crippen molar-refractivity contribution < 1.29 is 18.3 Å². The van der Waals surface area contributed by atoms with Crippen LogP contribution in [0.3, 0.4) is 0 Å². The number of ether oxygens (including phenoxy) is 1. The molecule has 3 aromatic carbocycles. The Morgan fingerprint density at radius 2 is 1.64 bits per heavy atom. The summed E-state index contributed by atoms with van der Waals surface area (Å²) < 4.78 is 34.7. The summed E-state index contributed by atoms with van der Waals surface area (Å²) >= 11 is 0. The maximum Gasteiger partial charge on any atom is 0.323 e. The highest BCUT2D eigenvalue weighted by molar-refractivity contribution is 5.76. The molecule has 5 rings (SSSR count). The second-order valence-corrected chi connectivity index (χ2v) is 10.8. The molecule has 0 saturated heterocycles. The predicted octanol–water partition coefficient (Wildman–Crippen LogP) is 5.52. The molecule has 1 heterocycles. The summed E-state index contributed by atoms with van der Waals surface area (Å²) in [5.41, 5.74) is 9.56. The second-order valence-electron chi connectivity index (χ2n) is 10.8. The van der Waals surface area contributed by atoms with E-state index in [0.29, 0.717) is 30.6 Å². The van der Waals surface area contributed by atoms with E-state index < -0.39 is 17.7 Å². The Balaban J connectivity index is 1.25. The fourth-order valence-electron chi connectivity index (χ4n) is 5.42. The van der Waals surface area contributed by atoms with Gasteiger partial charge in [-0.1, -0.05) is 48.5 Å². The molecule has 8 heteroatoms. The number of hydrogen-bond acceptors (Lipinski definition) is 5. The highest BCUT2D eigenvalue weighted by Crippen LogP contribution is 2.23. The lowest BCUT2D eigenvalue weighted by molar-refractivity contribution is -0.151. The maximum atomic E-state index is 14.2. The molecule has 1 atom stereocenters. The monoisotopic (exact) mass is 571 g/mol. The molecule has 218 valence electrons. The third kappa shape index (κ3) is 7.31. The van der Waals surface area contributed by atoms with Gasteiger partial charge in [-0.15, -0.1) is 0 Å². The molecule has 0 bridgehead atoms. The quantitative estimate of drug-likeness (QED) is 0.232. The van der Waals surface area contributed by atoms with Crippen LogP contribution in [0.5, 0.6) is 0 Å². The standard InChI is InChI=1S/C34H35F2N3O3/c35-27-14-12-25(30(36)22-27)21-26-13-17-32(40)39(33(26)37)28-15-10-23(11-16-28)18-19-38-31(20-24-6-2-1-3-7-24)34(41)42-29-8-4-5-9-29/h1-3,6-7,10-17,22,29,31,38H,4-5,8-9,18-21,37H2/t31-/m0/s1. The first-order chi connectivity index (χ1) is 20.4. The molecule has 4 aromatic rings. The number of halogens is 2. The van der Waals surface area contributed by atoms with Crippen LogP contribution in [0.15, 0.2) is 89.7 Å². The Hall–Kier alpha value is -4.30. The Labute approximate surface area is 244 Å². The van der Waals surface area contributed by atoms with Crippen LogP contribution < -0.4 is 16.6 Å². The van der Waals surface area contributed by atoms with Gasteiger partial charge in [0.05, 0.1) is 5.69 Å². The van der Waals surface area contributed by atoms with Gasteiger partial charge in [0.1, 0.15) is 29.6 Å². The number of benzene rings is 3. The largest absolute Gasteiger partial charge is 0.461 e. The smallest absolute Gasteiger partial charge is 0.323 e. The van der Waals surface area contributed by atoms with Gasteiger partial charge in [0.15, 0.2) is 0 Å². The number of nitrogens with zero attached hydrogens (tertiary/aromatic N) is 1. The normalized spacial score (nSPS) is 14.1. The molecule has 0 unspecified atom stereocenters. The molecule has 1 aliphatic carbocycles. The molecule has 0 spiro atoms. The Morgan fingerprint density at radius 3 is 2.36 bits per heavy atom. The van der Waals surface area contributed by atoms with Crippen LogP contribution >= 0.6 is 0 Å². The van der Waals surface area contributed by atoms with Crippen LogP contribution in [0.1, 0.15) is 47.9 Å². The zero-order valence-electron chi connectivity index (χ0n) is 23.4. The first kappa shape index (κ1) is 29.2. The summed E-state index contributed by atoms with van der Waals surface area (Å²) in [5, 5.41) is 3.39. The molecular formula is C34H35F2N3O3. The fraction of sp³-hybridized carbons (Fsp3) is 0.294. The molecule has 6 nitrogen and oxygen atoms in total. The van der Waals surface area contributed by atoms with Crippen LogP contribution in [0, 0.1) is 11.6 Å².